The Morgan fingerprint density at radius 1 is 0.256 bits per heavy atom. The molecule has 18 aromatic rings. The third-order valence-corrected chi connectivity index (χ3v) is 26.5. The number of para-hydroxylation sites is 2. The van der Waals surface area contributed by atoms with Gasteiger partial charge in [0.1, 0.15) is 23.0 Å². The lowest BCUT2D eigenvalue weighted by Crippen LogP contribution is -2.32. The third kappa shape index (κ3) is 10.7. The van der Waals surface area contributed by atoms with Gasteiger partial charge in [0.05, 0.1) is 16.5 Å². The summed E-state index contributed by atoms with van der Waals surface area (Å²) in [5, 5.41) is 8.21. The van der Waals surface area contributed by atoms with Crippen LogP contribution in [0.15, 0.2) is 405 Å². The zero-order valence-corrected chi connectivity index (χ0v) is 66.8. The molecule has 0 radical (unpaired) electrons. The van der Waals surface area contributed by atoms with Crippen molar-refractivity contribution in [2.45, 2.75) is 49.4 Å². The van der Waals surface area contributed by atoms with Gasteiger partial charge in [0, 0.05) is 82.2 Å². The molecule has 0 fully saturated rings. The number of halogens is 1. The van der Waals surface area contributed by atoms with Crippen molar-refractivity contribution in [1.82, 2.24) is 0 Å². The van der Waals surface area contributed by atoms with Crippen molar-refractivity contribution in [3.8, 4) is 89.8 Å². The maximum atomic E-state index is 6.95. The number of nitrogens with one attached hydrogen (secondary N) is 1. The summed E-state index contributed by atoms with van der Waals surface area (Å²) in [4.78, 5) is 2.50. The molecule has 0 saturated heterocycles. The Morgan fingerprint density at radius 3 is 1.19 bits per heavy atom. The summed E-state index contributed by atoms with van der Waals surface area (Å²) in [6.07, 6.45) is 0. The molecule has 6 aliphatic rings. The molecule has 2 spiro atoms. The lowest BCUT2D eigenvalue weighted by atomic mass is 9.65. The topological polar surface area (TPSA) is 33.7 Å². The van der Waals surface area contributed by atoms with Crippen LogP contribution in [0.2, 0.25) is 0 Å². The molecule has 2 heterocycles. The smallest absolute Gasteiger partial charge is 0.140 e. The summed E-state index contributed by atoms with van der Waals surface area (Å²) in [6.45, 7) is 9.36. The summed E-state index contributed by atoms with van der Waals surface area (Å²) in [6, 6.07) is 145. The van der Waals surface area contributed by atoms with Crippen molar-refractivity contribution in [2.24, 2.45) is 0 Å². The van der Waals surface area contributed by atoms with Gasteiger partial charge in [-0.1, -0.05) is 371 Å². The largest absolute Gasteiger partial charge is 0.456 e. The minimum atomic E-state index is -0.597. The van der Waals surface area contributed by atoms with Crippen molar-refractivity contribution >= 4 is 65.9 Å². The Kier molecular flexibility index (Phi) is 16.2. The summed E-state index contributed by atoms with van der Waals surface area (Å²) < 4.78 is 14.7. The number of hydrogen-bond donors (Lipinski definition) is 1. The van der Waals surface area contributed by atoms with Crippen LogP contribution in [-0.4, -0.2) is 0 Å². The van der Waals surface area contributed by atoms with Gasteiger partial charge in [0.15, 0.2) is 0 Å². The lowest BCUT2D eigenvalue weighted by molar-refractivity contribution is 0.441. The van der Waals surface area contributed by atoms with Gasteiger partial charge in [-0.3, -0.25) is 0 Å². The molecule has 2 unspecified atom stereocenters. The molecule has 4 nitrogen and oxygen atoms in total. The van der Waals surface area contributed by atoms with Crippen LogP contribution in [0.1, 0.15) is 94.5 Å². The van der Waals surface area contributed by atoms with Crippen molar-refractivity contribution in [3.05, 3.63) is 472 Å². The first-order valence-corrected chi connectivity index (χ1v) is 41.3. The standard InChI is InChI=1S/C56H39NO.C29H17BrO.C27H23N/c1-55(2)45-21-10-8-19-42(45)43-33-32-40(35-50(43)55)57(39-30-27-37(28-31-39)36-15-4-3-5-16-36)51-25-14-24-48-53(51)44-20-9-11-22-46(44)56(48)47-23-12-13-26-52(47)58-54-41-18-7-6-17-38(41)29-34-49(54)56;30-25-14-7-13-23-27(25)20-10-3-4-11-21(20)29(23)22-12-5-6-15-26(22)31-28-19-9-2-1-8-18(19)16-17-24(28)29;1-27(2)25-11-7-6-10-23(25)24-17-16-22(18-26(24)27)28-21-14-12-20(13-15-21)19-8-4-3-5-9-19/h3-35H,1-2H3;1-17H;3-18,28H,1-2H3. The summed E-state index contributed by atoms with van der Waals surface area (Å²) in [5.41, 5.74) is 35.2. The highest BCUT2D eigenvalue weighted by molar-refractivity contribution is 9.10. The Balaban J connectivity index is 0.000000118. The molecular formula is C112H79BrN2O2. The number of benzene rings is 18. The molecule has 0 amide bonds. The fourth-order valence-corrected chi connectivity index (χ4v) is 21.1. The SMILES string of the molecule is Brc1cccc2c1-c1ccccc1C21c2ccccc2Oc2c1ccc1ccccc21.CC1(C)c2ccccc2-c2ccc(N(c3ccc(-c4ccccc4)cc3)c3cccc4c3-c3ccccc3C43c4ccccc4Oc4c3ccc3ccccc43)cc21.CC1(C)c2ccccc2-c2ccc(Nc3ccc(-c4ccccc4)cc3)cc21. The van der Waals surface area contributed by atoms with Gasteiger partial charge < -0.3 is 19.7 Å². The number of fused-ring (bicyclic) bond motifs is 28. The van der Waals surface area contributed by atoms with Gasteiger partial charge in [-0.05, 0) is 184 Å². The van der Waals surface area contributed by atoms with E-state index in [2.05, 4.69) is 448 Å². The van der Waals surface area contributed by atoms with E-state index in [0.717, 1.165) is 72.2 Å². The highest BCUT2D eigenvalue weighted by Gasteiger charge is 2.54. The second-order valence-corrected chi connectivity index (χ2v) is 33.5. The fourth-order valence-electron chi connectivity index (χ4n) is 20.5. The van der Waals surface area contributed by atoms with Crippen molar-refractivity contribution in [2.75, 3.05) is 10.2 Å². The first-order valence-electron chi connectivity index (χ1n) is 40.5. The Labute approximate surface area is 691 Å². The zero-order chi connectivity index (χ0) is 78.3. The van der Waals surface area contributed by atoms with E-state index in [0.29, 0.717) is 0 Å². The molecule has 0 aromatic heterocycles. The predicted octanol–water partition coefficient (Wildman–Crippen LogP) is 30.2. The van der Waals surface area contributed by atoms with E-state index in [4.69, 9.17) is 9.47 Å². The van der Waals surface area contributed by atoms with E-state index < -0.39 is 10.8 Å². The van der Waals surface area contributed by atoms with Crippen LogP contribution >= 0.6 is 15.9 Å². The van der Waals surface area contributed by atoms with E-state index in [9.17, 15) is 0 Å². The van der Waals surface area contributed by atoms with E-state index in [1.807, 2.05) is 6.07 Å². The molecule has 117 heavy (non-hydrogen) atoms. The lowest BCUT2D eigenvalue weighted by Gasteiger charge is -2.40. The first kappa shape index (κ1) is 69.8. The predicted molar refractivity (Wildman–Crippen MR) is 487 cm³/mol. The van der Waals surface area contributed by atoms with E-state index in [-0.39, 0.29) is 10.8 Å². The highest BCUT2D eigenvalue weighted by Crippen LogP contribution is 2.67. The van der Waals surface area contributed by atoms with Crippen LogP contribution in [0.3, 0.4) is 0 Å². The quantitative estimate of drug-likeness (QED) is 0.172. The Morgan fingerprint density at radius 2 is 0.641 bits per heavy atom. The molecule has 0 saturated carbocycles. The molecular weight excluding hydrogens is 1490 g/mol. The molecule has 5 heteroatoms. The highest BCUT2D eigenvalue weighted by atomic mass is 79.9. The summed E-state index contributed by atoms with van der Waals surface area (Å²) in [7, 11) is 0. The summed E-state index contributed by atoms with van der Waals surface area (Å²) in [5.74, 6) is 3.71. The minimum absolute atomic E-state index is 0.0286. The van der Waals surface area contributed by atoms with E-state index in [1.54, 1.807) is 0 Å². The van der Waals surface area contributed by atoms with Crippen LogP contribution in [-0.2, 0) is 21.7 Å². The third-order valence-electron chi connectivity index (χ3n) is 25.8. The first-order chi connectivity index (χ1) is 57.5. The van der Waals surface area contributed by atoms with Crippen LogP contribution in [0.5, 0.6) is 23.0 Å². The Hall–Kier alpha value is -13.8. The molecule has 24 rings (SSSR count). The molecule has 0 bridgehead atoms. The second kappa shape index (κ2) is 27.2. The van der Waals surface area contributed by atoms with Crippen LogP contribution < -0.4 is 19.7 Å². The normalized spacial score (nSPS) is 15.9. The van der Waals surface area contributed by atoms with Crippen LogP contribution in [0, 0.1) is 0 Å². The number of hydrogen-bond acceptors (Lipinski definition) is 4. The molecule has 2 atom stereocenters. The van der Waals surface area contributed by atoms with E-state index in [1.165, 1.54) is 139 Å². The second-order valence-electron chi connectivity index (χ2n) is 32.6. The van der Waals surface area contributed by atoms with Crippen molar-refractivity contribution in [1.29, 1.82) is 0 Å². The van der Waals surface area contributed by atoms with Gasteiger partial charge in [-0.15, -0.1) is 0 Å². The fraction of sp³-hybridized carbons (Fsp3) is 0.0714. The van der Waals surface area contributed by atoms with Crippen molar-refractivity contribution in [3.63, 3.8) is 0 Å². The van der Waals surface area contributed by atoms with Gasteiger partial charge in [0.2, 0.25) is 0 Å². The van der Waals surface area contributed by atoms with Crippen molar-refractivity contribution < 1.29 is 9.47 Å². The molecule has 18 aromatic carbocycles. The van der Waals surface area contributed by atoms with Crippen LogP contribution in [0.25, 0.3) is 88.3 Å². The molecule has 1 N–H and O–H groups in total. The number of nitrogens with zero attached hydrogens (tertiary/aromatic N) is 1. The minimum Gasteiger partial charge on any atom is -0.456 e. The van der Waals surface area contributed by atoms with Gasteiger partial charge in [-0.25, -0.2) is 0 Å². The van der Waals surface area contributed by atoms with E-state index >= 15 is 0 Å². The monoisotopic (exact) mass is 1560 g/mol. The molecule has 2 aliphatic heterocycles. The Bertz CT molecular complexity index is 7060. The number of ether oxygens (including phenoxy) is 2. The maximum Gasteiger partial charge on any atom is 0.140 e. The van der Waals surface area contributed by atoms with Crippen LogP contribution in [0.4, 0.5) is 28.4 Å². The van der Waals surface area contributed by atoms with Gasteiger partial charge in [-0.2, -0.15) is 0 Å². The number of anilines is 5. The maximum absolute atomic E-state index is 6.95. The number of rotatable bonds is 7. The molecule has 556 valence electrons. The summed E-state index contributed by atoms with van der Waals surface area (Å²) >= 11 is 3.86. The zero-order valence-electron chi connectivity index (χ0n) is 65.2. The van der Waals surface area contributed by atoms with Gasteiger partial charge >= 0.3 is 0 Å². The van der Waals surface area contributed by atoms with Gasteiger partial charge in [0.25, 0.3) is 0 Å². The molecule has 4 aliphatic carbocycles. The average molecular weight is 1560 g/mol. The average Bonchev–Trinajstić information content (AvgIpc) is 1.58.